The molecule has 2 aromatic rings. The minimum atomic E-state index is -0.630. The van der Waals surface area contributed by atoms with Crippen LogP contribution in [0.4, 0.5) is 11.5 Å². The van der Waals surface area contributed by atoms with Crippen molar-refractivity contribution < 1.29 is 8.83 Å². The predicted molar refractivity (Wildman–Crippen MR) is 78.1 cm³/mol. The Balaban J connectivity index is 1.59. The van der Waals surface area contributed by atoms with E-state index in [0.29, 0.717) is 23.9 Å². The van der Waals surface area contributed by atoms with Crippen molar-refractivity contribution in [1.29, 1.82) is 0 Å². The molecule has 3 rings (SSSR count). The zero-order valence-corrected chi connectivity index (χ0v) is 11.9. The van der Waals surface area contributed by atoms with Crippen LogP contribution >= 0.6 is 0 Å². The van der Waals surface area contributed by atoms with E-state index < -0.39 is 5.82 Å². The third-order valence-corrected chi connectivity index (χ3v) is 3.71. The van der Waals surface area contributed by atoms with Crippen LogP contribution in [0.3, 0.4) is 0 Å². The molecule has 1 aliphatic heterocycles. The highest BCUT2D eigenvalue weighted by Gasteiger charge is 2.20. The quantitative estimate of drug-likeness (QED) is 0.896. The molecule has 0 amide bonds. The number of nitrogen functional groups attached to an aromatic ring is 1. The largest absolute Gasteiger partial charge is 0.519 e. The smallest absolute Gasteiger partial charge is 0.396 e. The van der Waals surface area contributed by atoms with Crippen LogP contribution in [0.2, 0.25) is 0 Å². The normalized spacial score (nSPS) is 16.3. The van der Waals surface area contributed by atoms with Gasteiger partial charge < -0.3 is 19.5 Å². The standard InChI is InChI=1S/C14H18N4O3/c1-10-12(21-14(19)20-10)9-17-4-6-18(7-5-17)11-2-3-13(15)16-8-11/h2-3,8H,4-7,9H2,1H3,(H2,15,16). The van der Waals surface area contributed by atoms with E-state index in [1.165, 1.54) is 0 Å². The molecule has 21 heavy (non-hydrogen) atoms. The average Bonchev–Trinajstić information content (AvgIpc) is 2.79. The van der Waals surface area contributed by atoms with Gasteiger partial charge in [-0.2, -0.15) is 0 Å². The van der Waals surface area contributed by atoms with Crippen LogP contribution in [0.1, 0.15) is 11.5 Å². The van der Waals surface area contributed by atoms with Crippen LogP contribution < -0.4 is 16.5 Å². The maximum atomic E-state index is 11.0. The van der Waals surface area contributed by atoms with Crippen molar-refractivity contribution in [3.63, 3.8) is 0 Å². The Hall–Kier alpha value is -2.28. The zero-order valence-electron chi connectivity index (χ0n) is 11.9. The van der Waals surface area contributed by atoms with Gasteiger partial charge in [-0.3, -0.25) is 4.90 Å². The van der Waals surface area contributed by atoms with Crippen molar-refractivity contribution in [3.05, 3.63) is 40.5 Å². The number of aromatic nitrogens is 1. The van der Waals surface area contributed by atoms with Crippen LogP contribution in [0.25, 0.3) is 0 Å². The molecule has 0 spiro atoms. The summed E-state index contributed by atoms with van der Waals surface area (Å²) >= 11 is 0. The van der Waals surface area contributed by atoms with Crippen molar-refractivity contribution in [2.45, 2.75) is 13.5 Å². The lowest BCUT2D eigenvalue weighted by Crippen LogP contribution is -2.46. The molecule has 0 aromatic carbocycles. The van der Waals surface area contributed by atoms with Crippen LogP contribution in [0.5, 0.6) is 0 Å². The molecule has 112 valence electrons. The van der Waals surface area contributed by atoms with Crippen molar-refractivity contribution in [3.8, 4) is 0 Å². The lowest BCUT2D eigenvalue weighted by molar-refractivity contribution is 0.227. The number of hydrogen-bond acceptors (Lipinski definition) is 7. The molecule has 0 bridgehead atoms. The molecule has 7 heteroatoms. The molecule has 0 radical (unpaired) electrons. The summed E-state index contributed by atoms with van der Waals surface area (Å²) < 4.78 is 9.92. The van der Waals surface area contributed by atoms with E-state index in [4.69, 9.17) is 14.6 Å². The van der Waals surface area contributed by atoms with Crippen LogP contribution in [-0.2, 0) is 6.54 Å². The third kappa shape index (κ3) is 3.08. The highest BCUT2D eigenvalue weighted by atomic mass is 16.6. The maximum absolute atomic E-state index is 11.0. The van der Waals surface area contributed by atoms with Crippen molar-refractivity contribution in [2.75, 3.05) is 36.8 Å². The average molecular weight is 290 g/mol. The van der Waals surface area contributed by atoms with Gasteiger partial charge in [-0.15, -0.1) is 0 Å². The predicted octanol–water partition coefficient (Wildman–Crippen LogP) is 0.841. The lowest BCUT2D eigenvalue weighted by Gasteiger charge is -2.35. The summed E-state index contributed by atoms with van der Waals surface area (Å²) in [6, 6.07) is 3.79. The molecule has 7 nitrogen and oxygen atoms in total. The SMILES string of the molecule is Cc1oc(=O)oc1CN1CCN(c2ccc(N)nc2)CC1. The topological polar surface area (TPSA) is 88.7 Å². The van der Waals surface area contributed by atoms with E-state index in [1.54, 1.807) is 13.1 Å². The van der Waals surface area contributed by atoms with E-state index in [-0.39, 0.29) is 0 Å². The molecule has 0 aliphatic carbocycles. The Morgan fingerprint density at radius 2 is 2.00 bits per heavy atom. The number of nitrogens with two attached hydrogens (primary N) is 1. The summed E-state index contributed by atoms with van der Waals surface area (Å²) in [7, 11) is 0. The van der Waals surface area contributed by atoms with E-state index >= 15 is 0 Å². The van der Waals surface area contributed by atoms with E-state index in [2.05, 4.69) is 14.8 Å². The number of pyridine rings is 1. The first-order valence-electron chi connectivity index (χ1n) is 6.90. The second-order valence-electron chi connectivity index (χ2n) is 5.14. The van der Waals surface area contributed by atoms with E-state index in [0.717, 1.165) is 31.9 Å². The third-order valence-electron chi connectivity index (χ3n) is 3.71. The minimum absolute atomic E-state index is 0.530. The van der Waals surface area contributed by atoms with E-state index in [1.807, 2.05) is 12.1 Å². The number of nitrogens with zero attached hydrogens (tertiary/aromatic N) is 3. The number of piperazine rings is 1. The van der Waals surface area contributed by atoms with Crippen molar-refractivity contribution in [2.24, 2.45) is 0 Å². The molecule has 1 fully saturated rings. The van der Waals surface area contributed by atoms with Crippen LogP contribution in [0.15, 0.2) is 32.0 Å². The van der Waals surface area contributed by atoms with Crippen molar-refractivity contribution in [1.82, 2.24) is 9.88 Å². The molecule has 2 N–H and O–H groups in total. The molecular weight excluding hydrogens is 272 g/mol. The molecule has 0 unspecified atom stereocenters. The molecule has 1 aliphatic rings. The Morgan fingerprint density at radius 1 is 1.24 bits per heavy atom. The summed E-state index contributed by atoms with van der Waals surface area (Å²) in [5, 5.41) is 0. The molecule has 1 saturated heterocycles. The van der Waals surface area contributed by atoms with Gasteiger partial charge in [0.05, 0.1) is 18.4 Å². The monoisotopic (exact) mass is 290 g/mol. The highest BCUT2D eigenvalue weighted by Crippen LogP contribution is 2.17. The molecule has 0 atom stereocenters. The Kier molecular flexibility index (Phi) is 3.66. The van der Waals surface area contributed by atoms with Gasteiger partial charge in [0, 0.05) is 26.2 Å². The number of anilines is 2. The second-order valence-corrected chi connectivity index (χ2v) is 5.14. The fourth-order valence-corrected chi connectivity index (χ4v) is 2.47. The van der Waals surface area contributed by atoms with Gasteiger partial charge in [-0.05, 0) is 19.1 Å². The Morgan fingerprint density at radius 3 is 2.57 bits per heavy atom. The van der Waals surface area contributed by atoms with Crippen LogP contribution in [0, 0.1) is 6.92 Å². The van der Waals surface area contributed by atoms with Gasteiger partial charge in [0.15, 0.2) is 5.76 Å². The molecule has 2 aromatic heterocycles. The number of hydrogen-bond donors (Lipinski definition) is 1. The zero-order chi connectivity index (χ0) is 14.8. The Labute approximate surface area is 122 Å². The molecule has 0 saturated carbocycles. The van der Waals surface area contributed by atoms with E-state index in [9.17, 15) is 4.79 Å². The number of rotatable bonds is 3. The number of aryl methyl sites for hydroxylation is 1. The fraction of sp³-hybridized carbons (Fsp3) is 0.429. The van der Waals surface area contributed by atoms with Crippen molar-refractivity contribution >= 4 is 11.5 Å². The summed E-state index contributed by atoms with van der Waals surface area (Å²) in [4.78, 5) is 19.7. The minimum Gasteiger partial charge on any atom is -0.396 e. The second kappa shape index (κ2) is 5.61. The first kappa shape index (κ1) is 13.7. The van der Waals surface area contributed by atoms with Gasteiger partial charge in [0.1, 0.15) is 11.6 Å². The van der Waals surface area contributed by atoms with Gasteiger partial charge in [0.25, 0.3) is 0 Å². The highest BCUT2D eigenvalue weighted by molar-refractivity contribution is 5.48. The van der Waals surface area contributed by atoms with Gasteiger partial charge >= 0.3 is 5.82 Å². The first-order chi connectivity index (χ1) is 10.1. The molecule has 3 heterocycles. The Bertz CT molecular complexity index is 654. The van der Waals surface area contributed by atoms with Crippen LogP contribution in [-0.4, -0.2) is 36.1 Å². The molecular formula is C14H18N4O3. The summed E-state index contributed by atoms with van der Waals surface area (Å²) in [6.07, 6.45) is 1.80. The summed E-state index contributed by atoms with van der Waals surface area (Å²) in [5.41, 5.74) is 6.68. The first-order valence-corrected chi connectivity index (χ1v) is 6.90. The maximum Gasteiger partial charge on any atom is 0.519 e. The fourth-order valence-electron chi connectivity index (χ4n) is 2.47. The van der Waals surface area contributed by atoms with Gasteiger partial charge in [0.2, 0.25) is 0 Å². The lowest BCUT2D eigenvalue weighted by atomic mass is 10.2. The van der Waals surface area contributed by atoms with Gasteiger partial charge in [-0.25, -0.2) is 9.78 Å². The summed E-state index contributed by atoms with van der Waals surface area (Å²) in [6.45, 7) is 5.92. The summed E-state index contributed by atoms with van der Waals surface area (Å²) in [5.74, 6) is 1.07. The van der Waals surface area contributed by atoms with Gasteiger partial charge in [-0.1, -0.05) is 0 Å².